The molecule has 1 aromatic carbocycles. The lowest BCUT2D eigenvalue weighted by Gasteiger charge is -2.25. The summed E-state index contributed by atoms with van der Waals surface area (Å²) < 4.78 is 41.6. The molecule has 0 radical (unpaired) electrons. The van der Waals surface area contributed by atoms with Gasteiger partial charge in [-0.05, 0) is 24.5 Å². The van der Waals surface area contributed by atoms with Crippen molar-refractivity contribution in [2.24, 2.45) is 16.5 Å². The Kier molecular flexibility index (Phi) is 14.2. The minimum absolute atomic E-state index is 0.0417. The molecule has 47 heavy (non-hydrogen) atoms. The Morgan fingerprint density at radius 3 is 2.06 bits per heavy atom. The number of carboxylic acids is 2. The van der Waals surface area contributed by atoms with Crippen molar-refractivity contribution in [3.63, 3.8) is 0 Å². The molecule has 0 aliphatic carbocycles. The first-order chi connectivity index (χ1) is 22.0. The number of thioether (sulfide) groups is 1. The monoisotopic (exact) mass is 690 g/mol. The lowest BCUT2D eigenvalue weighted by Crippen LogP contribution is -2.55. The van der Waals surface area contributed by atoms with E-state index in [1.165, 1.54) is 6.07 Å². The number of amides is 5. The molecular weight excluding hydrogens is 657 g/mol. The summed E-state index contributed by atoms with van der Waals surface area (Å²) in [5.41, 5.74) is 8.74. The first-order valence-electron chi connectivity index (χ1n) is 13.7. The van der Waals surface area contributed by atoms with E-state index in [0.29, 0.717) is 17.8 Å². The van der Waals surface area contributed by atoms with Crippen LogP contribution in [-0.4, -0.2) is 101 Å². The molecule has 0 saturated carbocycles. The smallest absolute Gasteiger partial charge is 0.416 e. The lowest BCUT2D eigenvalue weighted by atomic mass is 10.0. The quantitative estimate of drug-likeness (QED) is 0.0798. The summed E-state index contributed by atoms with van der Waals surface area (Å²) in [6, 6.07) is -1.10. The Morgan fingerprint density at radius 2 is 1.49 bits per heavy atom. The maximum absolute atomic E-state index is 13.9. The highest BCUT2D eigenvalue weighted by atomic mass is 32.2. The van der Waals surface area contributed by atoms with Crippen molar-refractivity contribution in [3.8, 4) is 0 Å². The van der Waals surface area contributed by atoms with Gasteiger partial charge in [0.05, 0.1) is 25.1 Å². The van der Waals surface area contributed by atoms with Crippen LogP contribution in [0.2, 0.25) is 0 Å². The molecule has 1 heterocycles. The van der Waals surface area contributed by atoms with Gasteiger partial charge in [0.15, 0.2) is 5.96 Å². The molecule has 2 rings (SSSR count). The molecular formula is C26H33F3N8O9S. The van der Waals surface area contributed by atoms with Gasteiger partial charge in [0.1, 0.15) is 23.4 Å². The van der Waals surface area contributed by atoms with Gasteiger partial charge in [0.2, 0.25) is 29.5 Å². The number of nitrogens with two attached hydrogens (primary N) is 2. The molecule has 1 saturated heterocycles. The number of halogens is 3. The van der Waals surface area contributed by atoms with Crippen LogP contribution >= 0.6 is 11.8 Å². The number of aliphatic carboxylic acids is 2. The standard InChI is InChI=1S/C26H33F3N8O9S/c27-26(28,29)13-5-2-1-4-12(13)20-23(44)34-10-17(38)35-14(6-3-7-32-25(30)31)21(42)33-9-18(39)36-15(8-19(40)41)22(43)37-16(11-47-20)24(45)46/h1-2,4-5,14-16,20H,3,6-11H2,(H,33,42)(H,34,44)(H,35,38)(H,36,39)(H,37,43)(H,40,41)(H,45,46)(H4,30,31,32)/t14-,15-,16-,20+/m0/s1. The van der Waals surface area contributed by atoms with Gasteiger partial charge in [-0.3, -0.25) is 33.8 Å². The highest BCUT2D eigenvalue weighted by Crippen LogP contribution is 2.39. The molecule has 1 fully saturated rings. The Morgan fingerprint density at radius 1 is 0.894 bits per heavy atom. The molecule has 1 aliphatic rings. The van der Waals surface area contributed by atoms with Crippen LogP contribution in [0.3, 0.4) is 0 Å². The minimum Gasteiger partial charge on any atom is -0.481 e. The molecule has 17 nitrogen and oxygen atoms in total. The van der Waals surface area contributed by atoms with Gasteiger partial charge in [0.25, 0.3) is 0 Å². The van der Waals surface area contributed by atoms with Crippen LogP contribution in [0, 0.1) is 0 Å². The van der Waals surface area contributed by atoms with Crippen LogP contribution in [0.25, 0.3) is 0 Å². The van der Waals surface area contributed by atoms with E-state index in [0.717, 1.165) is 12.1 Å². The van der Waals surface area contributed by atoms with Crippen molar-refractivity contribution >= 4 is 59.2 Å². The molecule has 5 amide bonds. The number of benzene rings is 1. The van der Waals surface area contributed by atoms with Gasteiger partial charge in [-0.15, -0.1) is 11.8 Å². The van der Waals surface area contributed by atoms with Crippen LogP contribution in [-0.2, 0) is 39.7 Å². The fraction of sp³-hybridized carbons (Fsp3) is 0.462. The number of carbonyl (C=O) groups excluding carboxylic acids is 5. The van der Waals surface area contributed by atoms with Crippen LogP contribution < -0.4 is 38.1 Å². The largest absolute Gasteiger partial charge is 0.481 e. The van der Waals surface area contributed by atoms with Crippen LogP contribution in [0.15, 0.2) is 29.3 Å². The third kappa shape index (κ3) is 12.7. The Labute approximate surface area is 268 Å². The zero-order chi connectivity index (χ0) is 35.3. The van der Waals surface area contributed by atoms with E-state index in [4.69, 9.17) is 11.5 Å². The number of carbonyl (C=O) groups is 7. The van der Waals surface area contributed by atoms with Gasteiger partial charge in [0, 0.05) is 12.3 Å². The molecule has 1 aromatic rings. The van der Waals surface area contributed by atoms with Crippen molar-refractivity contribution in [2.45, 2.75) is 48.8 Å². The Hall–Kier alpha value is -5.08. The van der Waals surface area contributed by atoms with E-state index in [-0.39, 0.29) is 25.3 Å². The first kappa shape index (κ1) is 38.1. The zero-order valence-electron chi connectivity index (χ0n) is 24.5. The highest BCUT2D eigenvalue weighted by molar-refractivity contribution is 8.00. The summed E-state index contributed by atoms with van der Waals surface area (Å²) in [6.07, 6.45) is -5.89. The molecule has 258 valence electrons. The van der Waals surface area contributed by atoms with Crippen LogP contribution in [0.4, 0.5) is 13.2 Å². The molecule has 11 N–H and O–H groups in total. The predicted octanol–water partition coefficient (Wildman–Crippen LogP) is -2.21. The second-order valence-electron chi connectivity index (χ2n) is 9.92. The van der Waals surface area contributed by atoms with E-state index in [1.807, 2.05) is 5.32 Å². The molecule has 4 atom stereocenters. The van der Waals surface area contributed by atoms with E-state index in [2.05, 4.69) is 26.3 Å². The summed E-state index contributed by atoms with van der Waals surface area (Å²) in [4.78, 5) is 91.4. The molecule has 0 bridgehead atoms. The van der Waals surface area contributed by atoms with Gasteiger partial charge in [-0.1, -0.05) is 18.2 Å². The van der Waals surface area contributed by atoms with E-state index in [1.54, 1.807) is 0 Å². The average molecular weight is 691 g/mol. The topological polar surface area (TPSA) is 284 Å². The number of guanidine groups is 1. The van der Waals surface area contributed by atoms with Crippen molar-refractivity contribution in [2.75, 3.05) is 25.4 Å². The van der Waals surface area contributed by atoms with Gasteiger partial charge >= 0.3 is 18.1 Å². The molecule has 0 spiro atoms. The fourth-order valence-corrected chi connectivity index (χ4v) is 5.36. The van der Waals surface area contributed by atoms with E-state index >= 15 is 0 Å². The molecule has 21 heteroatoms. The normalized spacial score (nSPS) is 22.2. The van der Waals surface area contributed by atoms with Gasteiger partial charge < -0.3 is 48.3 Å². The highest BCUT2D eigenvalue weighted by Gasteiger charge is 2.38. The lowest BCUT2D eigenvalue weighted by molar-refractivity contribution is -0.143. The Bertz CT molecular complexity index is 1390. The second kappa shape index (κ2) is 17.6. The SMILES string of the molecule is NC(N)=NCCC[C@@H]1NC(=O)CNC(=O)[C@@H](c2ccccc2C(F)(F)F)SC[C@@H](C(=O)O)NC(=O)[C@H](CC(=O)O)NC(=O)CNC1=O. The van der Waals surface area contributed by atoms with Crippen molar-refractivity contribution in [1.82, 2.24) is 26.6 Å². The minimum atomic E-state index is -4.94. The third-order valence-corrected chi connectivity index (χ3v) is 7.63. The Balaban J connectivity index is 2.50. The maximum Gasteiger partial charge on any atom is 0.416 e. The maximum atomic E-state index is 13.9. The summed E-state index contributed by atoms with van der Waals surface area (Å²) >= 11 is 0.389. The van der Waals surface area contributed by atoms with Crippen LogP contribution in [0.1, 0.15) is 35.6 Å². The van der Waals surface area contributed by atoms with Gasteiger partial charge in [-0.25, -0.2) is 4.79 Å². The number of aliphatic imine (C=N–C) groups is 1. The predicted molar refractivity (Wildman–Crippen MR) is 158 cm³/mol. The first-order valence-corrected chi connectivity index (χ1v) is 14.8. The number of nitrogens with one attached hydrogen (secondary N) is 5. The average Bonchev–Trinajstić information content (AvgIpc) is 2.98. The number of hydrogen-bond donors (Lipinski definition) is 9. The third-order valence-electron chi connectivity index (χ3n) is 6.30. The summed E-state index contributed by atoms with van der Waals surface area (Å²) in [5.74, 6) is -9.53. The molecule has 0 unspecified atom stereocenters. The number of carboxylic acid groups (broad SMARTS) is 2. The van der Waals surface area contributed by atoms with Crippen molar-refractivity contribution in [1.29, 1.82) is 0 Å². The molecule has 0 aromatic heterocycles. The fourth-order valence-electron chi connectivity index (χ4n) is 4.13. The van der Waals surface area contributed by atoms with E-state index < -0.39 is 107 Å². The van der Waals surface area contributed by atoms with Crippen molar-refractivity contribution in [3.05, 3.63) is 35.4 Å². The number of hydrogen-bond acceptors (Lipinski definition) is 9. The molecule has 1 aliphatic heterocycles. The van der Waals surface area contributed by atoms with Crippen LogP contribution in [0.5, 0.6) is 0 Å². The number of rotatable bonds is 8. The van der Waals surface area contributed by atoms with E-state index in [9.17, 15) is 56.9 Å². The van der Waals surface area contributed by atoms with Gasteiger partial charge in [-0.2, -0.15) is 13.2 Å². The summed E-state index contributed by atoms with van der Waals surface area (Å²) in [7, 11) is 0. The zero-order valence-corrected chi connectivity index (χ0v) is 25.3. The van der Waals surface area contributed by atoms with Crippen molar-refractivity contribution < 1.29 is 56.9 Å². The number of alkyl halides is 3. The summed E-state index contributed by atoms with van der Waals surface area (Å²) in [6.45, 7) is -1.57. The number of nitrogens with zero attached hydrogens (tertiary/aromatic N) is 1. The summed E-state index contributed by atoms with van der Waals surface area (Å²) in [5, 5.41) is 28.0. The second-order valence-corrected chi connectivity index (χ2v) is 11.1.